The highest BCUT2D eigenvalue weighted by Crippen LogP contribution is 2.17. The van der Waals surface area contributed by atoms with Gasteiger partial charge in [0.15, 0.2) is 10.6 Å². The first-order valence-corrected chi connectivity index (χ1v) is 7.33. The van der Waals surface area contributed by atoms with Crippen LogP contribution in [0.4, 0.5) is 0 Å². The van der Waals surface area contributed by atoms with Crippen LogP contribution in [-0.2, 0) is 13.0 Å². The molecule has 0 aliphatic rings. The molecule has 1 aromatic carbocycles. The van der Waals surface area contributed by atoms with Gasteiger partial charge in [-0.25, -0.2) is 0 Å². The van der Waals surface area contributed by atoms with E-state index in [0.29, 0.717) is 4.77 Å². The number of hydrogen-bond donors (Lipinski definition) is 1. The fourth-order valence-corrected chi connectivity index (χ4v) is 2.48. The second-order valence-electron chi connectivity index (χ2n) is 4.62. The Labute approximate surface area is 132 Å². The summed E-state index contributed by atoms with van der Waals surface area (Å²) < 4.78 is 2.60. The Balaban J connectivity index is 1.84. The zero-order valence-corrected chi connectivity index (χ0v) is 12.7. The van der Waals surface area contributed by atoms with E-state index in [1.165, 1.54) is 5.56 Å². The van der Waals surface area contributed by atoms with Crippen molar-refractivity contribution >= 4 is 23.8 Å². The van der Waals surface area contributed by atoms with E-state index in [-0.39, 0.29) is 0 Å². The smallest absolute Gasteiger partial charge is 0.195 e. The molecule has 2 heterocycles. The van der Waals surface area contributed by atoms with Crippen molar-refractivity contribution in [2.24, 2.45) is 0 Å². The number of rotatable bonds is 4. The molecule has 0 fully saturated rings. The summed E-state index contributed by atoms with van der Waals surface area (Å²) in [7, 11) is 0. The van der Waals surface area contributed by atoms with E-state index >= 15 is 0 Å². The summed E-state index contributed by atoms with van der Waals surface area (Å²) in [6.45, 7) is 0.751. The van der Waals surface area contributed by atoms with E-state index < -0.39 is 0 Å². The van der Waals surface area contributed by atoms with Crippen molar-refractivity contribution in [2.45, 2.75) is 13.0 Å². The van der Waals surface area contributed by atoms with Crippen molar-refractivity contribution < 1.29 is 0 Å². The van der Waals surface area contributed by atoms with E-state index in [1.54, 1.807) is 12.4 Å². The highest BCUT2D eigenvalue weighted by atomic mass is 35.5. The summed E-state index contributed by atoms with van der Waals surface area (Å²) in [6, 6.07) is 11.7. The maximum atomic E-state index is 5.90. The molecule has 0 bridgehead atoms. The number of halogens is 1. The second-order valence-corrected chi connectivity index (χ2v) is 5.45. The fraction of sp³-hybridized carbons (Fsp3) is 0.133. The van der Waals surface area contributed by atoms with Gasteiger partial charge in [0.05, 0.1) is 0 Å². The molecule has 4 nitrogen and oxygen atoms in total. The van der Waals surface area contributed by atoms with Gasteiger partial charge in [-0.2, -0.15) is 5.10 Å². The molecule has 0 aliphatic heterocycles. The van der Waals surface area contributed by atoms with Crippen molar-refractivity contribution in [2.75, 3.05) is 0 Å². The van der Waals surface area contributed by atoms with E-state index in [0.717, 1.165) is 29.4 Å². The number of aryl methyl sites for hydroxylation is 1. The van der Waals surface area contributed by atoms with Crippen LogP contribution in [0.25, 0.3) is 11.4 Å². The lowest BCUT2D eigenvalue weighted by atomic mass is 10.1. The van der Waals surface area contributed by atoms with Crippen LogP contribution in [0.5, 0.6) is 0 Å². The molecule has 1 N–H and O–H groups in total. The summed E-state index contributed by atoms with van der Waals surface area (Å²) in [4.78, 5) is 4.12. The van der Waals surface area contributed by atoms with Crippen molar-refractivity contribution in [3.63, 3.8) is 0 Å². The van der Waals surface area contributed by atoms with Crippen molar-refractivity contribution in [1.82, 2.24) is 19.7 Å². The highest BCUT2D eigenvalue weighted by Gasteiger charge is 2.08. The summed E-state index contributed by atoms with van der Waals surface area (Å²) in [5.41, 5.74) is 2.15. The first-order valence-electron chi connectivity index (χ1n) is 6.54. The van der Waals surface area contributed by atoms with Gasteiger partial charge in [0, 0.05) is 29.5 Å². The van der Waals surface area contributed by atoms with Crippen LogP contribution in [0, 0.1) is 4.77 Å². The average molecular weight is 317 g/mol. The van der Waals surface area contributed by atoms with Gasteiger partial charge in [0.2, 0.25) is 0 Å². The number of H-pyrrole nitrogens is 1. The van der Waals surface area contributed by atoms with E-state index in [2.05, 4.69) is 15.2 Å². The third kappa shape index (κ3) is 3.20. The Morgan fingerprint density at radius 2 is 2.00 bits per heavy atom. The standard InChI is InChI=1S/C15H13ClN4S/c16-13-5-3-11(4-6-13)7-9-20-14(18-19-15(20)21)12-2-1-8-17-10-12/h1-6,8,10H,7,9H2,(H,19,21). The minimum Gasteiger partial charge on any atom is -0.300 e. The lowest BCUT2D eigenvalue weighted by Crippen LogP contribution is -2.04. The Bertz CT molecular complexity index is 777. The monoisotopic (exact) mass is 316 g/mol. The van der Waals surface area contributed by atoms with Crippen LogP contribution in [0.15, 0.2) is 48.8 Å². The molecule has 21 heavy (non-hydrogen) atoms. The third-order valence-electron chi connectivity index (χ3n) is 3.22. The van der Waals surface area contributed by atoms with E-state index in [1.807, 2.05) is 41.0 Å². The van der Waals surface area contributed by atoms with E-state index in [4.69, 9.17) is 23.8 Å². The minimum atomic E-state index is 0.614. The van der Waals surface area contributed by atoms with Crippen molar-refractivity contribution in [3.8, 4) is 11.4 Å². The Hall–Kier alpha value is -1.98. The molecule has 0 amide bonds. The first kappa shape index (κ1) is 14.0. The molecular formula is C15H13ClN4S. The lowest BCUT2D eigenvalue weighted by Gasteiger charge is -2.07. The fourth-order valence-electron chi connectivity index (χ4n) is 2.13. The molecule has 2 aromatic heterocycles. The molecule has 0 atom stereocenters. The van der Waals surface area contributed by atoms with Gasteiger partial charge in [-0.3, -0.25) is 14.6 Å². The molecule has 0 unspecified atom stereocenters. The molecule has 0 radical (unpaired) electrons. The van der Waals surface area contributed by atoms with Crippen LogP contribution < -0.4 is 0 Å². The molecular weight excluding hydrogens is 304 g/mol. The Morgan fingerprint density at radius 3 is 2.71 bits per heavy atom. The van der Waals surface area contributed by atoms with Gasteiger partial charge in [-0.1, -0.05) is 23.7 Å². The predicted molar refractivity (Wildman–Crippen MR) is 85.8 cm³/mol. The zero-order valence-electron chi connectivity index (χ0n) is 11.2. The van der Waals surface area contributed by atoms with Crippen LogP contribution >= 0.6 is 23.8 Å². The average Bonchev–Trinajstić information content (AvgIpc) is 2.89. The molecule has 0 spiro atoms. The zero-order chi connectivity index (χ0) is 14.7. The number of nitrogens with zero attached hydrogens (tertiary/aromatic N) is 3. The molecule has 3 rings (SSSR count). The maximum Gasteiger partial charge on any atom is 0.195 e. The van der Waals surface area contributed by atoms with Crippen LogP contribution in [0.3, 0.4) is 0 Å². The number of pyridine rings is 1. The van der Waals surface area contributed by atoms with Crippen LogP contribution in [0.2, 0.25) is 5.02 Å². The predicted octanol–water partition coefficient (Wildman–Crippen LogP) is 3.90. The molecule has 6 heteroatoms. The summed E-state index contributed by atoms with van der Waals surface area (Å²) >= 11 is 11.2. The number of aromatic amines is 1. The van der Waals surface area contributed by atoms with Gasteiger partial charge in [0.25, 0.3) is 0 Å². The number of aromatic nitrogens is 4. The first-order chi connectivity index (χ1) is 10.2. The van der Waals surface area contributed by atoms with Crippen LogP contribution in [-0.4, -0.2) is 19.7 Å². The molecule has 0 saturated carbocycles. The minimum absolute atomic E-state index is 0.614. The highest BCUT2D eigenvalue weighted by molar-refractivity contribution is 7.71. The lowest BCUT2D eigenvalue weighted by molar-refractivity contribution is 0.691. The van der Waals surface area contributed by atoms with Gasteiger partial charge in [0.1, 0.15) is 0 Å². The number of benzene rings is 1. The normalized spacial score (nSPS) is 10.7. The van der Waals surface area contributed by atoms with Gasteiger partial charge >= 0.3 is 0 Å². The Kier molecular flexibility index (Phi) is 4.13. The largest absolute Gasteiger partial charge is 0.300 e. The summed E-state index contributed by atoms with van der Waals surface area (Å²) in [5, 5.41) is 7.89. The molecule has 0 saturated heterocycles. The molecule has 106 valence electrons. The van der Waals surface area contributed by atoms with Crippen molar-refractivity contribution in [3.05, 3.63) is 64.1 Å². The second kappa shape index (κ2) is 6.20. The van der Waals surface area contributed by atoms with Gasteiger partial charge in [-0.05, 0) is 48.5 Å². The number of hydrogen-bond acceptors (Lipinski definition) is 3. The van der Waals surface area contributed by atoms with Gasteiger partial charge in [-0.15, -0.1) is 0 Å². The number of nitrogens with one attached hydrogen (secondary N) is 1. The van der Waals surface area contributed by atoms with E-state index in [9.17, 15) is 0 Å². The van der Waals surface area contributed by atoms with Crippen LogP contribution in [0.1, 0.15) is 5.56 Å². The Morgan fingerprint density at radius 1 is 1.19 bits per heavy atom. The quantitative estimate of drug-likeness (QED) is 0.743. The third-order valence-corrected chi connectivity index (χ3v) is 3.78. The van der Waals surface area contributed by atoms with Gasteiger partial charge < -0.3 is 0 Å². The SMILES string of the molecule is S=c1[nH]nc(-c2cccnc2)n1CCc1ccc(Cl)cc1. The summed E-state index contributed by atoms with van der Waals surface area (Å²) in [6.07, 6.45) is 4.38. The summed E-state index contributed by atoms with van der Waals surface area (Å²) in [5.74, 6) is 0.807. The topological polar surface area (TPSA) is 46.5 Å². The van der Waals surface area contributed by atoms with Crippen molar-refractivity contribution in [1.29, 1.82) is 0 Å². The molecule has 3 aromatic rings. The maximum absolute atomic E-state index is 5.90. The molecule has 0 aliphatic carbocycles.